The molecule has 10 nitrogen and oxygen atoms in total. The second kappa shape index (κ2) is 9.40. The largest absolute Gasteiger partial charge is 0.385 e. The summed E-state index contributed by atoms with van der Waals surface area (Å²) in [6.45, 7) is 0.971. The van der Waals surface area contributed by atoms with Gasteiger partial charge < -0.3 is 15.4 Å². The fourth-order valence-corrected chi connectivity index (χ4v) is 3.27. The van der Waals surface area contributed by atoms with Crippen LogP contribution in [0.4, 0.5) is 5.82 Å². The van der Waals surface area contributed by atoms with Crippen molar-refractivity contribution in [3.05, 3.63) is 66.4 Å². The van der Waals surface area contributed by atoms with Gasteiger partial charge in [-0.25, -0.2) is 9.97 Å². The number of hydrogen-bond acceptors (Lipinski definition) is 6. The van der Waals surface area contributed by atoms with Crippen molar-refractivity contribution in [2.24, 2.45) is 7.05 Å². The van der Waals surface area contributed by atoms with Crippen LogP contribution in [0.2, 0.25) is 0 Å². The van der Waals surface area contributed by atoms with Crippen LogP contribution < -0.4 is 10.6 Å². The molecule has 0 radical (unpaired) electrons. The van der Waals surface area contributed by atoms with Gasteiger partial charge in [0, 0.05) is 45.1 Å². The normalized spacial score (nSPS) is 10.9. The number of amides is 2. The Morgan fingerprint density at radius 1 is 1.16 bits per heavy atom. The quantitative estimate of drug-likeness (QED) is 0.412. The Balaban J connectivity index is 1.51. The Bertz CT molecular complexity index is 1250. The van der Waals surface area contributed by atoms with Crippen LogP contribution in [0.15, 0.2) is 55.1 Å². The zero-order chi connectivity index (χ0) is 22.5. The minimum absolute atomic E-state index is 0.143. The molecule has 0 spiro atoms. The molecule has 2 N–H and O–H groups in total. The highest BCUT2D eigenvalue weighted by Crippen LogP contribution is 2.20. The standard InChI is InChI=1S/C22H23N7O3/c1-28-20(16(12-25-28)21(30)23-9-6-10-32-2)22(31)27-18-11-19-26-17(13-29(19)14-24-18)15-7-4-3-5-8-15/h3-5,7-8,11-14H,6,9-10H2,1-2H3,(H,23,30)(H,27,31). The van der Waals surface area contributed by atoms with Crippen molar-refractivity contribution in [3.63, 3.8) is 0 Å². The summed E-state index contributed by atoms with van der Waals surface area (Å²) in [5, 5.41) is 9.57. The molecule has 0 saturated heterocycles. The minimum atomic E-state index is -0.487. The number of carbonyl (C=O) groups is 2. The number of anilines is 1. The molecule has 4 rings (SSSR count). The van der Waals surface area contributed by atoms with Crippen molar-refractivity contribution in [1.82, 2.24) is 29.5 Å². The van der Waals surface area contributed by atoms with Crippen LogP contribution in [0.1, 0.15) is 27.3 Å². The van der Waals surface area contributed by atoms with Crippen LogP contribution >= 0.6 is 0 Å². The van der Waals surface area contributed by atoms with Gasteiger partial charge in [0.05, 0.1) is 17.5 Å². The highest BCUT2D eigenvalue weighted by atomic mass is 16.5. The summed E-state index contributed by atoms with van der Waals surface area (Å²) in [6, 6.07) is 11.5. The van der Waals surface area contributed by atoms with Crippen molar-refractivity contribution in [3.8, 4) is 11.3 Å². The van der Waals surface area contributed by atoms with E-state index in [0.29, 0.717) is 31.0 Å². The lowest BCUT2D eigenvalue weighted by atomic mass is 10.2. The van der Waals surface area contributed by atoms with Crippen LogP contribution in [0.5, 0.6) is 0 Å². The first-order valence-electron chi connectivity index (χ1n) is 10.1. The summed E-state index contributed by atoms with van der Waals surface area (Å²) in [5.41, 5.74) is 2.75. The molecule has 32 heavy (non-hydrogen) atoms. The van der Waals surface area contributed by atoms with Gasteiger partial charge in [-0.3, -0.25) is 18.7 Å². The van der Waals surface area contributed by atoms with Crippen LogP contribution in [0.25, 0.3) is 16.9 Å². The predicted molar refractivity (Wildman–Crippen MR) is 118 cm³/mol. The fourth-order valence-electron chi connectivity index (χ4n) is 3.27. The lowest BCUT2D eigenvalue weighted by Crippen LogP contribution is -2.28. The molecule has 3 heterocycles. The molecule has 0 aliphatic heterocycles. The van der Waals surface area contributed by atoms with Crippen molar-refractivity contribution in [1.29, 1.82) is 0 Å². The zero-order valence-electron chi connectivity index (χ0n) is 17.8. The first-order valence-corrected chi connectivity index (χ1v) is 10.1. The molecule has 0 bridgehead atoms. The number of benzene rings is 1. The first kappa shape index (κ1) is 21.2. The Labute approximate surface area is 184 Å². The maximum absolute atomic E-state index is 12.9. The van der Waals surface area contributed by atoms with Crippen LogP contribution in [-0.4, -0.2) is 56.2 Å². The molecule has 1 aromatic carbocycles. The van der Waals surface area contributed by atoms with E-state index in [2.05, 4.69) is 25.7 Å². The van der Waals surface area contributed by atoms with Gasteiger partial charge in [-0.1, -0.05) is 30.3 Å². The average Bonchev–Trinajstić information content (AvgIpc) is 3.40. The van der Waals surface area contributed by atoms with E-state index in [4.69, 9.17) is 4.74 Å². The van der Waals surface area contributed by atoms with Crippen molar-refractivity contribution < 1.29 is 14.3 Å². The molecule has 0 aliphatic carbocycles. The highest BCUT2D eigenvalue weighted by molar-refractivity contribution is 6.10. The second-order valence-electron chi connectivity index (χ2n) is 7.12. The number of imidazole rings is 1. The van der Waals surface area contributed by atoms with Gasteiger partial charge in [0.15, 0.2) is 0 Å². The molecule has 10 heteroatoms. The maximum Gasteiger partial charge on any atom is 0.275 e. The summed E-state index contributed by atoms with van der Waals surface area (Å²) >= 11 is 0. The van der Waals surface area contributed by atoms with E-state index >= 15 is 0 Å². The molecular weight excluding hydrogens is 410 g/mol. The molecule has 164 valence electrons. The van der Waals surface area contributed by atoms with Crippen molar-refractivity contribution in [2.45, 2.75) is 6.42 Å². The number of nitrogens with zero attached hydrogens (tertiary/aromatic N) is 5. The van der Waals surface area contributed by atoms with E-state index in [-0.39, 0.29) is 17.2 Å². The van der Waals surface area contributed by atoms with Gasteiger partial charge >= 0.3 is 0 Å². The van der Waals surface area contributed by atoms with Crippen molar-refractivity contribution >= 4 is 23.3 Å². The summed E-state index contributed by atoms with van der Waals surface area (Å²) in [7, 11) is 3.21. The minimum Gasteiger partial charge on any atom is -0.385 e. The molecule has 0 aliphatic rings. The highest BCUT2D eigenvalue weighted by Gasteiger charge is 2.22. The summed E-state index contributed by atoms with van der Waals surface area (Å²) < 4.78 is 8.11. The zero-order valence-corrected chi connectivity index (χ0v) is 17.8. The van der Waals surface area contributed by atoms with E-state index in [1.165, 1.54) is 10.9 Å². The van der Waals surface area contributed by atoms with Crippen molar-refractivity contribution in [2.75, 3.05) is 25.6 Å². The Morgan fingerprint density at radius 2 is 1.97 bits per heavy atom. The van der Waals surface area contributed by atoms with Gasteiger partial charge in [0.25, 0.3) is 11.8 Å². The van der Waals surface area contributed by atoms with E-state index in [1.54, 1.807) is 31.0 Å². The smallest absolute Gasteiger partial charge is 0.275 e. The third kappa shape index (κ3) is 4.49. The van der Waals surface area contributed by atoms with E-state index in [0.717, 1.165) is 11.3 Å². The molecule has 0 unspecified atom stereocenters. The lowest BCUT2D eigenvalue weighted by Gasteiger charge is -2.08. The molecular formula is C22H23N7O3. The maximum atomic E-state index is 12.9. The number of aromatic nitrogens is 5. The summed E-state index contributed by atoms with van der Waals surface area (Å²) in [6.07, 6.45) is 5.49. The van der Waals surface area contributed by atoms with Gasteiger partial charge in [0.2, 0.25) is 0 Å². The van der Waals surface area contributed by atoms with E-state index < -0.39 is 5.91 Å². The van der Waals surface area contributed by atoms with Gasteiger partial charge in [-0.05, 0) is 6.42 Å². The van der Waals surface area contributed by atoms with E-state index in [9.17, 15) is 9.59 Å². The summed E-state index contributed by atoms with van der Waals surface area (Å²) in [4.78, 5) is 34.3. The number of hydrogen-bond donors (Lipinski definition) is 2. The van der Waals surface area contributed by atoms with Crippen LogP contribution in [-0.2, 0) is 11.8 Å². The number of carbonyl (C=O) groups excluding carboxylic acids is 2. The number of rotatable bonds is 8. The predicted octanol–water partition coefficient (Wildman–Crippen LogP) is 2.15. The number of ether oxygens (including phenoxy) is 1. The Kier molecular flexibility index (Phi) is 6.22. The SMILES string of the molecule is COCCCNC(=O)c1cnn(C)c1C(=O)Nc1cc2nc(-c3ccccc3)cn2cn1. The Morgan fingerprint density at radius 3 is 2.75 bits per heavy atom. The molecule has 0 atom stereocenters. The molecule has 2 amide bonds. The average molecular weight is 433 g/mol. The van der Waals surface area contributed by atoms with Crippen LogP contribution in [0.3, 0.4) is 0 Å². The molecule has 0 saturated carbocycles. The fraction of sp³-hybridized carbons (Fsp3) is 0.227. The first-order chi connectivity index (χ1) is 15.6. The Hall–Kier alpha value is -4.05. The number of aryl methyl sites for hydroxylation is 1. The molecule has 3 aromatic heterocycles. The monoisotopic (exact) mass is 433 g/mol. The third-order valence-corrected chi connectivity index (χ3v) is 4.87. The van der Waals surface area contributed by atoms with Crippen LogP contribution in [0, 0.1) is 0 Å². The molecule has 0 fully saturated rings. The lowest BCUT2D eigenvalue weighted by molar-refractivity contribution is 0.0934. The molecule has 4 aromatic rings. The van der Waals surface area contributed by atoms with Gasteiger partial charge in [-0.15, -0.1) is 0 Å². The number of methoxy groups -OCH3 is 1. The van der Waals surface area contributed by atoms with Gasteiger partial charge in [0.1, 0.15) is 23.5 Å². The second-order valence-corrected chi connectivity index (χ2v) is 7.12. The number of fused-ring (bicyclic) bond motifs is 1. The topological polar surface area (TPSA) is 115 Å². The number of nitrogens with one attached hydrogen (secondary N) is 2. The summed E-state index contributed by atoms with van der Waals surface area (Å²) in [5.74, 6) is -0.539. The van der Waals surface area contributed by atoms with E-state index in [1.807, 2.05) is 36.5 Å². The van der Waals surface area contributed by atoms with Gasteiger partial charge in [-0.2, -0.15) is 5.10 Å². The third-order valence-electron chi connectivity index (χ3n) is 4.87.